The second-order valence-electron chi connectivity index (χ2n) is 5.23. The zero-order valence-corrected chi connectivity index (χ0v) is 12.6. The van der Waals surface area contributed by atoms with Gasteiger partial charge in [-0.05, 0) is 64.5 Å². The van der Waals surface area contributed by atoms with Gasteiger partial charge in [-0.2, -0.15) is 0 Å². The molecule has 0 spiro atoms. The van der Waals surface area contributed by atoms with Crippen molar-refractivity contribution in [3.8, 4) is 0 Å². The van der Waals surface area contributed by atoms with Crippen LogP contribution >= 0.6 is 27.3 Å². The first-order valence-corrected chi connectivity index (χ1v) is 7.90. The third-order valence-corrected chi connectivity index (χ3v) is 5.38. The summed E-state index contributed by atoms with van der Waals surface area (Å²) in [5.74, 6) is 0.812. The summed E-state index contributed by atoms with van der Waals surface area (Å²) in [5, 5.41) is 15.4. The lowest BCUT2D eigenvalue weighted by atomic mass is 9.77. The van der Waals surface area contributed by atoms with Crippen LogP contribution in [0.4, 0.5) is 0 Å². The highest BCUT2D eigenvalue weighted by Crippen LogP contribution is 2.32. The number of hydrogen-bond acceptors (Lipinski definition) is 3. The summed E-state index contributed by atoms with van der Waals surface area (Å²) >= 11 is 5.19. The topological polar surface area (TPSA) is 32.3 Å². The minimum Gasteiger partial charge on any atom is -0.394 e. The summed E-state index contributed by atoms with van der Waals surface area (Å²) in [5.41, 5.74) is 1.26. The Bertz CT molecular complexity index is 358. The molecule has 0 aliphatic heterocycles. The zero-order valence-electron chi connectivity index (χ0n) is 10.2. The smallest absolute Gasteiger partial charge is 0.0701 e. The fraction of sp³-hybridized carbons (Fsp3) is 0.692. The minimum absolute atomic E-state index is 0.0408. The fourth-order valence-corrected chi connectivity index (χ4v) is 3.64. The van der Waals surface area contributed by atoms with Crippen LogP contribution in [0.5, 0.6) is 0 Å². The maximum atomic E-state index is 9.64. The second-order valence-corrected chi connectivity index (χ2v) is 7.52. The highest BCUT2D eigenvalue weighted by atomic mass is 79.9. The number of aliphatic hydroxyl groups excluding tert-OH is 1. The molecule has 0 bridgehead atoms. The molecule has 1 aliphatic rings. The molecule has 0 atom stereocenters. The Balaban J connectivity index is 1.91. The summed E-state index contributed by atoms with van der Waals surface area (Å²) in [6.45, 7) is 3.42. The second kappa shape index (κ2) is 5.83. The van der Waals surface area contributed by atoms with Gasteiger partial charge in [-0.3, -0.25) is 0 Å². The van der Waals surface area contributed by atoms with E-state index in [1.54, 1.807) is 11.3 Å². The van der Waals surface area contributed by atoms with E-state index < -0.39 is 0 Å². The van der Waals surface area contributed by atoms with Gasteiger partial charge in [-0.25, -0.2) is 0 Å². The first-order valence-electron chi connectivity index (χ1n) is 6.22. The van der Waals surface area contributed by atoms with Crippen molar-refractivity contribution >= 4 is 27.3 Å². The van der Waals surface area contributed by atoms with E-state index in [2.05, 4.69) is 39.6 Å². The predicted molar refractivity (Wildman–Crippen MR) is 76.3 cm³/mol. The zero-order chi connectivity index (χ0) is 12.3. The number of aliphatic hydroxyl groups is 1. The molecule has 0 unspecified atom stereocenters. The van der Waals surface area contributed by atoms with Gasteiger partial charge in [-0.1, -0.05) is 6.92 Å². The molecule has 1 saturated carbocycles. The van der Waals surface area contributed by atoms with E-state index in [9.17, 15) is 5.11 Å². The van der Waals surface area contributed by atoms with Gasteiger partial charge in [0.15, 0.2) is 0 Å². The van der Waals surface area contributed by atoms with Crippen LogP contribution in [-0.2, 0) is 6.54 Å². The molecular weight excluding hydrogens is 298 g/mol. The lowest BCUT2D eigenvalue weighted by molar-refractivity contribution is 0.104. The molecule has 1 aromatic heterocycles. The van der Waals surface area contributed by atoms with Crippen LogP contribution in [0.25, 0.3) is 0 Å². The molecule has 4 heteroatoms. The van der Waals surface area contributed by atoms with Crippen LogP contribution in [-0.4, -0.2) is 17.3 Å². The molecule has 0 saturated heterocycles. The summed E-state index contributed by atoms with van der Waals surface area (Å²) < 4.78 is 1.17. The first kappa shape index (κ1) is 13.5. The van der Waals surface area contributed by atoms with E-state index >= 15 is 0 Å². The predicted octanol–water partition coefficient (Wildman–Crippen LogP) is 3.54. The van der Waals surface area contributed by atoms with Gasteiger partial charge in [0.1, 0.15) is 0 Å². The molecule has 1 fully saturated rings. The van der Waals surface area contributed by atoms with Crippen LogP contribution in [0.3, 0.4) is 0 Å². The highest BCUT2D eigenvalue weighted by molar-refractivity contribution is 9.11. The van der Waals surface area contributed by atoms with Gasteiger partial charge in [-0.15, -0.1) is 11.3 Å². The van der Waals surface area contributed by atoms with E-state index in [-0.39, 0.29) is 12.1 Å². The number of nitrogens with one attached hydrogen (secondary N) is 1. The minimum atomic E-state index is -0.0408. The Labute approximate surface area is 116 Å². The largest absolute Gasteiger partial charge is 0.394 e. The SMILES string of the molecule is CC1CCC(CO)(NCc2csc(Br)c2)CC1. The Morgan fingerprint density at radius 3 is 2.76 bits per heavy atom. The Kier molecular flexibility index (Phi) is 4.64. The number of halogens is 1. The molecule has 1 aliphatic carbocycles. The van der Waals surface area contributed by atoms with Crippen LogP contribution in [0.15, 0.2) is 15.2 Å². The molecular formula is C13H20BrNOS. The van der Waals surface area contributed by atoms with Gasteiger partial charge in [0.05, 0.1) is 10.4 Å². The van der Waals surface area contributed by atoms with Crippen LogP contribution in [0.1, 0.15) is 38.2 Å². The van der Waals surface area contributed by atoms with Crippen molar-refractivity contribution in [2.45, 2.75) is 44.7 Å². The van der Waals surface area contributed by atoms with Gasteiger partial charge in [0.2, 0.25) is 0 Å². The standard InChI is InChI=1S/C13H20BrNOS/c1-10-2-4-13(9-16,5-3-10)15-7-11-6-12(14)17-8-11/h6,8,10,15-16H,2-5,7,9H2,1H3. The number of thiophene rings is 1. The van der Waals surface area contributed by atoms with Gasteiger partial charge in [0, 0.05) is 12.1 Å². The quantitative estimate of drug-likeness (QED) is 0.890. The average Bonchev–Trinajstić information content (AvgIpc) is 2.75. The third-order valence-electron chi connectivity index (χ3n) is 3.82. The lowest BCUT2D eigenvalue weighted by Gasteiger charge is -2.39. The monoisotopic (exact) mass is 317 g/mol. The molecule has 2 N–H and O–H groups in total. The van der Waals surface area contributed by atoms with Crippen molar-refractivity contribution in [3.63, 3.8) is 0 Å². The molecule has 1 aromatic rings. The van der Waals surface area contributed by atoms with Crippen LogP contribution in [0, 0.1) is 5.92 Å². The highest BCUT2D eigenvalue weighted by Gasteiger charge is 2.32. The normalized spacial score (nSPS) is 29.5. The lowest BCUT2D eigenvalue weighted by Crippen LogP contribution is -2.50. The fourth-order valence-electron chi connectivity index (χ4n) is 2.43. The number of hydrogen-bond donors (Lipinski definition) is 2. The molecule has 0 aromatic carbocycles. The van der Waals surface area contributed by atoms with E-state index in [4.69, 9.17) is 0 Å². The van der Waals surface area contributed by atoms with Crippen molar-refractivity contribution in [2.75, 3.05) is 6.61 Å². The summed E-state index contributed by atoms with van der Waals surface area (Å²) in [6, 6.07) is 2.15. The molecule has 2 nitrogen and oxygen atoms in total. The van der Waals surface area contributed by atoms with Crippen LogP contribution < -0.4 is 5.32 Å². The van der Waals surface area contributed by atoms with Crippen LogP contribution in [0.2, 0.25) is 0 Å². The van der Waals surface area contributed by atoms with Gasteiger partial charge >= 0.3 is 0 Å². The molecule has 1 heterocycles. The molecule has 0 amide bonds. The molecule has 96 valence electrons. The van der Waals surface area contributed by atoms with Gasteiger partial charge in [0.25, 0.3) is 0 Å². The van der Waals surface area contributed by atoms with Crippen molar-refractivity contribution < 1.29 is 5.11 Å². The summed E-state index contributed by atoms with van der Waals surface area (Å²) in [4.78, 5) is 0. The Morgan fingerprint density at radius 1 is 1.53 bits per heavy atom. The molecule has 17 heavy (non-hydrogen) atoms. The van der Waals surface area contributed by atoms with Crippen molar-refractivity contribution in [1.29, 1.82) is 0 Å². The Morgan fingerprint density at radius 2 is 2.24 bits per heavy atom. The van der Waals surface area contributed by atoms with E-state index in [0.29, 0.717) is 0 Å². The number of rotatable bonds is 4. The summed E-state index contributed by atoms with van der Waals surface area (Å²) in [7, 11) is 0. The van der Waals surface area contributed by atoms with E-state index in [1.165, 1.54) is 22.2 Å². The van der Waals surface area contributed by atoms with E-state index in [0.717, 1.165) is 25.3 Å². The van der Waals surface area contributed by atoms with Crippen molar-refractivity contribution in [2.24, 2.45) is 5.92 Å². The first-order chi connectivity index (χ1) is 8.13. The maximum absolute atomic E-state index is 9.64. The molecule has 2 rings (SSSR count). The average molecular weight is 318 g/mol. The van der Waals surface area contributed by atoms with Crippen molar-refractivity contribution in [1.82, 2.24) is 5.32 Å². The summed E-state index contributed by atoms with van der Waals surface area (Å²) in [6.07, 6.45) is 4.63. The third kappa shape index (κ3) is 3.53. The van der Waals surface area contributed by atoms with E-state index in [1.807, 2.05) is 0 Å². The molecule has 0 radical (unpaired) electrons. The Hall–Kier alpha value is 0.100. The van der Waals surface area contributed by atoms with Gasteiger partial charge < -0.3 is 10.4 Å². The maximum Gasteiger partial charge on any atom is 0.0701 e. The van der Waals surface area contributed by atoms with Crippen molar-refractivity contribution in [3.05, 3.63) is 20.8 Å².